The summed E-state index contributed by atoms with van der Waals surface area (Å²) in [6.07, 6.45) is 0.356. The van der Waals surface area contributed by atoms with E-state index in [1.165, 1.54) is 0 Å². The Morgan fingerprint density at radius 2 is 1.81 bits per heavy atom. The largest absolute Gasteiger partial charge is 0.484 e. The lowest BCUT2D eigenvalue weighted by atomic mass is 10.1. The fourth-order valence-corrected chi connectivity index (χ4v) is 3.46. The molecule has 2 aromatic rings. The highest BCUT2D eigenvalue weighted by Crippen LogP contribution is 2.15. The van der Waals surface area contributed by atoms with Crippen LogP contribution in [0.25, 0.3) is 0 Å². The van der Waals surface area contributed by atoms with E-state index in [-0.39, 0.29) is 25.1 Å². The molecule has 2 unspecified atom stereocenters. The molecule has 1 aliphatic rings. The molecule has 1 aliphatic heterocycles. The number of rotatable bonds is 7. The average molecular weight is 441 g/mol. The van der Waals surface area contributed by atoms with Gasteiger partial charge in [0.1, 0.15) is 5.75 Å². The number of carbonyl (C=O) groups excluding carboxylic acids is 3. The minimum atomic E-state index is -0.760. The standard InChI is InChI=1S/C23H28N4O5/c24-21(29)15-32-18-10-8-17(9-11-18)22(30)26-19-14-27(12-4-7-20(19)28)23(31)25-13-16-5-2-1-3-6-16/h1-3,5-6,8-11,19-20,28H,4,7,12-15H2,(H2,24,29)(H,25,31)(H,26,30). The van der Waals surface area contributed by atoms with Crippen LogP contribution in [-0.2, 0) is 11.3 Å². The van der Waals surface area contributed by atoms with Gasteiger partial charge in [-0.3, -0.25) is 9.59 Å². The second kappa shape index (κ2) is 11.1. The maximum atomic E-state index is 12.7. The summed E-state index contributed by atoms with van der Waals surface area (Å²) in [5.74, 6) is -0.551. The SMILES string of the molecule is NC(=O)COc1ccc(C(=O)NC2CN(C(=O)NCc3ccccc3)CCCC2O)cc1. The van der Waals surface area contributed by atoms with Crippen molar-refractivity contribution in [1.82, 2.24) is 15.5 Å². The average Bonchev–Trinajstić information content (AvgIpc) is 2.98. The number of hydrogen-bond donors (Lipinski definition) is 4. The summed E-state index contributed by atoms with van der Waals surface area (Å²) < 4.78 is 5.18. The molecule has 0 bridgehead atoms. The summed E-state index contributed by atoms with van der Waals surface area (Å²) in [5.41, 5.74) is 6.40. The molecule has 0 aromatic heterocycles. The number of likely N-dealkylation sites (tertiary alicyclic amines) is 1. The molecule has 9 nitrogen and oxygen atoms in total. The van der Waals surface area contributed by atoms with Crippen molar-refractivity contribution in [2.45, 2.75) is 31.5 Å². The Labute approximate surface area is 186 Å². The van der Waals surface area contributed by atoms with Crippen LogP contribution in [0.1, 0.15) is 28.8 Å². The summed E-state index contributed by atoms with van der Waals surface area (Å²) >= 11 is 0. The number of ether oxygens (including phenoxy) is 1. The van der Waals surface area contributed by atoms with Crippen LogP contribution in [0.15, 0.2) is 54.6 Å². The van der Waals surface area contributed by atoms with E-state index in [1.807, 2.05) is 30.3 Å². The molecule has 9 heteroatoms. The first kappa shape index (κ1) is 23.1. The smallest absolute Gasteiger partial charge is 0.317 e. The number of aliphatic hydroxyl groups excluding tert-OH is 1. The highest BCUT2D eigenvalue weighted by atomic mass is 16.5. The minimum Gasteiger partial charge on any atom is -0.484 e. The molecule has 4 amide bonds. The van der Waals surface area contributed by atoms with Crippen LogP contribution >= 0.6 is 0 Å². The fraction of sp³-hybridized carbons (Fsp3) is 0.348. The van der Waals surface area contributed by atoms with Crippen molar-refractivity contribution in [1.29, 1.82) is 0 Å². The molecule has 5 N–H and O–H groups in total. The molecule has 1 heterocycles. The van der Waals surface area contributed by atoms with Crippen LogP contribution < -0.4 is 21.1 Å². The van der Waals surface area contributed by atoms with Gasteiger partial charge in [-0.2, -0.15) is 0 Å². The molecule has 0 aliphatic carbocycles. The van der Waals surface area contributed by atoms with E-state index in [9.17, 15) is 19.5 Å². The van der Waals surface area contributed by atoms with E-state index in [2.05, 4.69) is 10.6 Å². The van der Waals surface area contributed by atoms with Crippen molar-refractivity contribution in [2.24, 2.45) is 5.73 Å². The number of carbonyl (C=O) groups is 3. The molecule has 2 atom stereocenters. The first-order chi connectivity index (χ1) is 15.4. The molecule has 32 heavy (non-hydrogen) atoms. The number of urea groups is 1. The Morgan fingerprint density at radius 1 is 1.09 bits per heavy atom. The number of primary amides is 1. The fourth-order valence-electron chi connectivity index (χ4n) is 3.46. The molecular weight excluding hydrogens is 412 g/mol. The molecular formula is C23H28N4O5. The Morgan fingerprint density at radius 3 is 2.50 bits per heavy atom. The van der Waals surface area contributed by atoms with Crippen molar-refractivity contribution in [3.63, 3.8) is 0 Å². The van der Waals surface area contributed by atoms with Crippen LogP contribution in [0.3, 0.4) is 0 Å². The highest BCUT2D eigenvalue weighted by molar-refractivity contribution is 5.94. The van der Waals surface area contributed by atoms with Crippen molar-refractivity contribution in [3.05, 3.63) is 65.7 Å². The Kier molecular flexibility index (Phi) is 8.04. The van der Waals surface area contributed by atoms with Gasteiger partial charge in [-0.15, -0.1) is 0 Å². The molecule has 170 valence electrons. The lowest BCUT2D eigenvalue weighted by Crippen LogP contribution is -2.51. The second-order valence-electron chi connectivity index (χ2n) is 7.66. The Hall–Kier alpha value is -3.59. The van der Waals surface area contributed by atoms with Gasteiger partial charge in [-0.05, 0) is 42.7 Å². The van der Waals surface area contributed by atoms with Gasteiger partial charge in [-0.1, -0.05) is 30.3 Å². The second-order valence-corrected chi connectivity index (χ2v) is 7.66. The Bertz CT molecular complexity index is 920. The maximum absolute atomic E-state index is 12.7. The van der Waals surface area contributed by atoms with Crippen molar-refractivity contribution in [2.75, 3.05) is 19.7 Å². The zero-order chi connectivity index (χ0) is 22.9. The normalized spacial score (nSPS) is 18.3. The number of amides is 4. The van der Waals surface area contributed by atoms with Crippen molar-refractivity contribution >= 4 is 17.8 Å². The van der Waals surface area contributed by atoms with E-state index < -0.39 is 18.1 Å². The van der Waals surface area contributed by atoms with Gasteiger partial charge in [0.15, 0.2) is 6.61 Å². The monoisotopic (exact) mass is 440 g/mol. The molecule has 1 fully saturated rings. The third-order valence-electron chi connectivity index (χ3n) is 5.20. The van der Waals surface area contributed by atoms with Crippen molar-refractivity contribution in [3.8, 4) is 5.75 Å². The van der Waals surface area contributed by atoms with Crippen LogP contribution in [0.4, 0.5) is 4.79 Å². The van der Waals surface area contributed by atoms with E-state index in [1.54, 1.807) is 29.2 Å². The minimum absolute atomic E-state index is 0.202. The van der Waals surface area contributed by atoms with Gasteiger partial charge in [0, 0.05) is 25.2 Å². The summed E-state index contributed by atoms with van der Waals surface area (Å²) in [6.45, 7) is 0.852. The summed E-state index contributed by atoms with van der Waals surface area (Å²) in [4.78, 5) is 37.7. The Balaban J connectivity index is 1.57. The zero-order valence-corrected chi connectivity index (χ0v) is 17.7. The highest BCUT2D eigenvalue weighted by Gasteiger charge is 2.29. The number of hydrogen-bond acceptors (Lipinski definition) is 5. The van der Waals surface area contributed by atoms with Gasteiger partial charge in [0.25, 0.3) is 11.8 Å². The lowest BCUT2D eigenvalue weighted by Gasteiger charge is -2.27. The zero-order valence-electron chi connectivity index (χ0n) is 17.7. The molecule has 1 saturated heterocycles. The van der Waals surface area contributed by atoms with Gasteiger partial charge in [-0.25, -0.2) is 4.79 Å². The number of benzene rings is 2. The van der Waals surface area contributed by atoms with Crippen LogP contribution in [0, 0.1) is 0 Å². The molecule has 2 aromatic carbocycles. The molecule has 0 saturated carbocycles. The predicted molar refractivity (Wildman–Crippen MR) is 118 cm³/mol. The van der Waals surface area contributed by atoms with E-state index in [4.69, 9.17) is 10.5 Å². The van der Waals surface area contributed by atoms with Gasteiger partial charge < -0.3 is 31.1 Å². The number of aliphatic hydroxyl groups is 1. The summed E-state index contributed by atoms with van der Waals surface area (Å²) in [7, 11) is 0. The third kappa shape index (κ3) is 6.71. The van der Waals surface area contributed by atoms with E-state index >= 15 is 0 Å². The van der Waals surface area contributed by atoms with Gasteiger partial charge in [0.05, 0.1) is 12.1 Å². The number of nitrogens with one attached hydrogen (secondary N) is 2. The van der Waals surface area contributed by atoms with Gasteiger partial charge >= 0.3 is 6.03 Å². The van der Waals surface area contributed by atoms with Crippen LogP contribution in [0.5, 0.6) is 5.75 Å². The number of nitrogens with zero attached hydrogens (tertiary/aromatic N) is 1. The maximum Gasteiger partial charge on any atom is 0.317 e. The quantitative estimate of drug-likeness (QED) is 0.510. The third-order valence-corrected chi connectivity index (χ3v) is 5.20. The van der Waals surface area contributed by atoms with E-state index in [0.29, 0.717) is 37.2 Å². The summed E-state index contributed by atoms with van der Waals surface area (Å²) in [5, 5.41) is 16.2. The molecule has 3 rings (SSSR count). The molecule has 0 spiro atoms. The van der Waals surface area contributed by atoms with E-state index in [0.717, 1.165) is 5.56 Å². The lowest BCUT2D eigenvalue weighted by molar-refractivity contribution is -0.119. The number of nitrogens with two attached hydrogens (primary N) is 1. The molecule has 0 radical (unpaired) electrons. The van der Waals surface area contributed by atoms with Crippen LogP contribution in [0.2, 0.25) is 0 Å². The van der Waals surface area contributed by atoms with Crippen molar-refractivity contribution < 1.29 is 24.2 Å². The first-order valence-corrected chi connectivity index (χ1v) is 10.5. The van der Waals surface area contributed by atoms with Crippen LogP contribution in [-0.4, -0.2) is 59.7 Å². The van der Waals surface area contributed by atoms with Gasteiger partial charge in [0.2, 0.25) is 0 Å². The summed E-state index contributed by atoms with van der Waals surface area (Å²) in [6, 6.07) is 15.0. The first-order valence-electron chi connectivity index (χ1n) is 10.5. The predicted octanol–water partition coefficient (Wildman–Crippen LogP) is 1.02. The topological polar surface area (TPSA) is 134 Å².